The minimum Gasteiger partial charge on any atom is -0.477 e. The molecule has 0 saturated carbocycles. The van der Waals surface area contributed by atoms with Gasteiger partial charge in [0.05, 0.1) is 4.92 Å². The zero-order valence-corrected chi connectivity index (χ0v) is 11.8. The number of aromatic carboxylic acids is 1. The summed E-state index contributed by atoms with van der Waals surface area (Å²) in [6.07, 6.45) is 0. The van der Waals surface area contributed by atoms with Crippen LogP contribution in [-0.2, 0) is 0 Å². The number of hydrogen-bond donors (Lipinski definition) is 1. The van der Waals surface area contributed by atoms with Crippen molar-refractivity contribution in [2.75, 3.05) is 0 Å². The Morgan fingerprint density at radius 3 is 2.52 bits per heavy atom. The number of carboxylic acid groups (broad SMARTS) is 1. The molecule has 0 aliphatic carbocycles. The van der Waals surface area contributed by atoms with Crippen molar-refractivity contribution in [3.8, 4) is 11.5 Å². The first kappa shape index (κ1) is 14.9. The predicted molar refractivity (Wildman–Crippen MR) is 74.2 cm³/mol. The summed E-state index contributed by atoms with van der Waals surface area (Å²) >= 11 is 3.09. The van der Waals surface area contributed by atoms with Gasteiger partial charge in [-0.2, -0.15) is 0 Å². The van der Waals surface area contributed by atoms with E-state index in [0.717, 1.165) is 18.2 Å². The van der Waals surface area contributed by atoms with E-state index in [9.17, 15) is 19.3 Å². The van der Waals surface area contributed by atoms with Gasteiger partial charge in [0, 0.05) is 22.7 Å². The van der Waals surface area contributed by atoms with Crippen LogP contribution in [0.15, 0.2) is 40.9 Å². The summed E-state index contributed by atoms with van der Waals surface area (Å²) in [5.74, 6) is -1.81. The van der Waals surface area contributed by atoms with Gasteiger partial charge in [-0.3, -0.25) is 10.1 Å². The van der Waals surface area contributed by atoms with Crippen LogP contribution in [0.5, 0.6) is 11.5 Å². The zero-order valence-electron chi connectivity index (χ0n) is 10.2. The van der Waals surface area contributed by atoms with Crippen molar-refractivity contribution in [3.05, 3.63) is 62.4 Å². The van der Waals surface area contributed by atoms with Crippen LogP contribution in [0.4, 0.5) is 10.1 Å². The zero-order chi connectivity index (χ0) is 15.6. The Labute approximate surface area is 126 Å². The SMILES string of the molecule is O=C(O)c1cc(Oc2cc(F)cc(Br)c2)ccc1[N+](=O)[O-]. The number of nitro groups is 1. The van der Waals surface area contributed by atoms with Crippen molar-refractivity contribution in [2.24, 2.45) is 0 Å². The summed E-state index contributed by atoms with van der Waals surface area (Å²) in [6, 6.07) is 7.08. The largest absolute Gasteiger partial charge is 0.477 e. The highest BCUT2D eigenvalue weighted by atomic mass is 79.9. The van der Waals surface area contributed by atoms with Gasteiger partial charge in [-0.05, 0) is 18.2 Å². The van der Waals surface area contributed by atoms with E-state index >= 15 is 0 Å². The summed E-state index contributed by atoms with van der Waals surface area (Å²) < 4.78 is 19.0. The lowest BCUT2D eigenvalue weighted by atomic mass is 10.1. The summed E-state index contributed by atoms with van der Waals surface area (Å²) in [7, 11) is 0. The van der Waals surface area contributed by atoms with Gasteiger partial charge in [-0.1, -0.05) is 15.9 Å². The van der Waals surface area contributed by atoms with Gasteiger partial charge in [-0.25, -0.2) is 9.18 Å². The van der Waals surface area contributed by atoms with E-state index in [-0.39, 0.29) is 11.5 Å². The maximum atomic E-state index is 13.2. The Balaban J connectivity index is 2.39. The molecule has 0 heterocycles. The molecule has 2 aromatic rings. The van der Waals surface area contributed by atoms with Crippen molar-refractivity contribution in [1.82, 2.24) is 0 Å². The molecule has 2 rings (SSSR count). The first-order valence-corrected chi connectivity index (χ1v) is 6.32. The van der Waals surface area contributed by atoms with E-state index < -0.39 is 28.0 Å². The number of nitro benzene ring substituents is 1. The van der Waals surface area contributed by atoms with E-state index in [1.165, 1.54) is 18.2 Å². The molecule has 0 aliphatic rings. The standard InChI is InChI=1S/C13H7BrFNO5/c14-7-3-8(15)5-10(4-7)21-9-1-2-12(16(19)20)11(6-9)13(17)18/h1-6H,(H,17,18). The van der Waals surface area contributed by atoms with E-state index in [1.54, 1.807) is 0 Å². The van der Waals surface area contributed by atoms with Crippen LogP contribution in [0.25, 0.3) is 0 Å². The van der Waals surface area contributed by atoms with Gasteiger partial charge >= 0.3 is 5.97 Å². The molecule has 0 amide bonds. The second-order valence-electron chi connectivity index (χ2n) is 3.95. The number of nitrogens with zero attached hydrogens (tertiary/aromatic N) is 1. The third-order valence-electron chi connectivity index (χ3n) is 2.47. The average molecular weight is 356 g/mol. The number of rotatable bonds is 4. The van der Waals surface area contributed by atoms with Crippen LogP contribution in [0.2, 0.25) is 0 Å². The number of carboxylic acids is 1. The molecule has 0 saturated heterocycles. The smallest absolute Gasteiger partial charge is 0.342 e. The van der Waals surface area contributed by atoms with E-state index in [2.05, 4.69) is 15.9 Å². The molecule has 0 bridgehead atoms. The Kier molecular flexibility index (Phi) is 4.18. The number of halogens is 2. The molecule has 0 radical (unpaired) electrons. The predicted octanol–water partition coefficient (Wildman–Crippen LogP) is 3.99. The van der Waals surface area contributed by atoms with Gasteiger partial charge in [0.2, 0.25) is 0 Å². The lowest BCUT2D eigenvalue weighted by Crippen LogP contribution is -2.02. The molecular formula is C13H7BrFNO5. The van der Waals surface area contributed by atoms with Gasteiger partial charge in [0.25, 0.3) is 5.69 Å². The summed E-state index contributed by atoms with van der Waals surface area (Å²) in [5, 5.41) is 19.7. The number of benzene rings is 2. The normalized spacial score (nSPS) is 10.2. The fourth-order valence-electron chi connectivity index (χ4n) is 1.63. The third-order valence-corrected chi connectivity index (χ3v) is 2.92. The van der Waals surface area contributed by atoms with Gasteiger partial charge in [-0.15, -0.1) is 0 Å². The van der Waals surface area contributed by atoms with Crippen molar-refractivity contribution in [2.45, 2.75) is 0 Å². The second-order valence-corrected chi connectivity index (χ2v) is 4.86. The second kappa shape index (κ2) is 5.88. The van der Waals surface area contributed by atoms with E-state index in [1.807, 2.05) is 0 Å². The van der Waals surface area contributed by atoms with Crippen molar-refractivity contribution in [1.29, 1.82) is 0 Å². The highest BCUT2D eigenvalue weighted by Gasteiger charge is 2.20. The van der Waals surface area contributed by atoms with Gasteiger partial charge in [0.1, 0.15) is 22.9 Å². The summed E-state index contributed by atoms with van der Waals surface area (Å²) in [4.78, 5) is 20.9. The highest BCUT2D eigenvalue weighted by molar-refractivity contribution is 9.10. The fraction of sp³-hybridized carbons (Fsp3) is 0. The molecule has 1 N–H and O–H groups in total. The van der Waals surface area contributed by atoms with E-state index in [4.69, 9.17) is 9.84 Å². The summed E-state index contributed by atoms with van der Waals surface area (Å²) in [5.41, 5.74) is -1.05. The van der Waals surface area contributed by atoms with Gasteiger partial charge in [0.15, 0.2) is 0 Å². The van der Waals surface area contributed by atoms with Crippen LogP contribution in [-0.4, -0.2) is 16.0 Å². The topological polar surface area (TPSA) is 89.7 Å². The van der Waals surface area contributed by atoms with Crippen LogP contribution in [0.3, 0.4) is 0 Å². The molecule has 21 heavy (non-hydrogen) atoms. The molecule has 0 fully saturated rings. The van der Waals surface area contributed by atoms with Crippen LogP contribution in [0.1, 0.15) is 10.4 Å². The lowest BCUT2D eigenvalue weighted by molar-refractivity contribution is -0.385. The maximum Gasteiger partial charge on any atom is 0.342 e. The molecule has 0 spiro atoms. The minimum atomic E-state index is -1.45. The molecule has 6 nitrogen and oxygen atoms in total. The van der Waals surface area contributed by atoms with Crippen LogP contribution >= 0.6 is 15.9 Å². The summed E-state index contributed by atoms with van der Waals surface area (Å²) in [6.45, 7) is 0. The van der Waals surface area contributed by atoms with Crippen molar-refractivity contribution < 1.29 is 24.0 Å². The van der Waals surface area contributed by atoms with Crippen LogP contribution in [0, 0.1) is 15.9 Å². The van der Waals surface area contributed by atoms with Crippen LogP contribution < -0.4 is 4.74 Å². The van der Waals surface area contributed by atoms with Crippen molar-refractivity contribution in [3.63, 3.8) is 0 Å². The Bertz CT molecular complexity index is 714. The Morgan fingerprint density at radius 2 is 1.95 bits per heavy atom. The Morgan fingerprint density at radius 1 is 1.24 bits per heavy atom. The first-order chi connectivity index (χ1) is 9.86. The average Bonchev–Trinajstić information content (AvgIpc) is 2.36. The molecule has 0 atom stereocenters. The highest BCUT2D eigenvalue weighted by Crippen LogP contribution is 2.29. The molecule has 8 heteroatoms. The molecule has 108 valence electrons. The van der Waals surface area contributed by atoms with Gasteiger partial charge < -0.3 is 9.84 Å². The molecule has 0 unspecified atom stereocenters. The number of carbonyl (C=O) groups is 1. The fourth-order valence-corrected chi connectivity index (χ4v) is 2.08. The third kappa shape index (κ3) is 3.54. The Hall–Kier alpha value is -2.48. The molecular weight excluding hydrogens is 349 g/mol. The monoisotopic (exact) mass is 355 g/mol. The number of ether oxygens (including phenoxy) is 1. The molecule has 2 aromatic carbocycles. The lowest BCUT2D eigenvalue weighted by Gasteiger charge is -2.07. The molecule has 0 aromatic heterocycles. The quantitative estimate of drug-likeness (QED) is 0.661. The minimum absolute atomic E-state index is 0.0514. The van der Waals surface area contributed by atoms with E-state index in [0.29, 0.717) is 4.47 Å². The number of hydrogen-bond acceptors (Lipinski definition) is 4. The first-order valence-electron chi connectivity index (χ1n) is 5.52. The maximum absolute atomic E-state index is 13.2. The van der Waals surface area contributed by atoms with Crippen molar-refractivity contribution >= 4 is 27.6 Å². The molecule has 0 aliphatic heterocycles.